The van der Waals surface area contributed by atoms with E-state index in [4.69, 9.17) is 0 Å². The van der Waals surface area contributed by atoms with Crippen molar-refractivity contribution >= 4 is 23.2 Å². The van der Waals surface area contributed by atoms with E-state index < -0.39 is 6.04 Å². The second-order valence-corrected chi connectivity index (χ2v) is 6.25. The summed E-state index contributed by atoms with van der Waals surface area (Å²) >= 11 is 1.36. The molecule has 1 fully saturated rings. The molecular formula is C16H17N3O2S. The normalized spacial score (nSPS) is 18.7. The Balaban J connectivity index is 1.83. The van der Waals surface area contributed by atoms with Crippen LogP contribution in [-0.4, -0.2) is 40.8 Å². The number of thiazole rings is 1. The van der Waals surface area contributed by atoms with E-state index in [0.717, 1.165) is 17.0 Å². The summed E-state index contributed by atoms with van der Waals surface area (Å²) in [7, 11) is 0. The second-order valence-electron chi connectivity index (χ2n) is 5.21. The van der Waals surface area contributed by atoms with Crippen molar-refractivity contribution < 1.29 is 9.59 Å². The highest BCUT2D eigenvalue weighted by Gasteiger charge is 2.29. The lowest BCUT2D eigenvalue weighted by molar-refractivity contribution is -0.124. The van der Waals surface area contributed by atoms with Crippen LogP contribution in [0.1, 0.15) is 23.0 Å². The number of carbonyl (C=O) groups is 2. The van der Waals surface area contributed by atoms with Crippen LogP contribution >= 0.6 is 11.3 Å². The highest BCUT2D eigenvalue weighted by Crippen LogP contribution is 2.26. The van der Waals surface area contributed by atoms with Gasteiger partial charge in [-0.3, -0.25) is 9.59 Å². The molecule has 22 heavy (non-hydrogen) atoms. The number of amides is 2. The zero-order valence-corrected chi connectivity index (χ0v) is 13.1. The first kappa shape index (κ1) is 14.7. The van der Waals surface area contributed by atoms with Crippen LogP contribution in [0.15, 0.2) is 36.5 Å². The maximum Gasteiger partial charge on any atom is 0.266 e. The predicted molar refractivity (Wildman–Crippen MR) is 85.7 cm³/mol. The molecule has 1 aliphatic rings. The van der Waals surface area contributed by atoms with Crippen molar-refractivity contribution in [3.8, 4) is 10.6 Å². The van der Waals surface area contributed by atoms with Gasteiger partial charge in [-0.05, 0) is 13.3 Å². The molecule has 2 heterocycles. The van der Waals surface area contributed by atoms with Crippen molar-refractivity contribution in [2.24, 2.45) is 0 Å². The lowest BCUT2D eigenvalue weighted by atomic mass is 10.2. The Kier molecular flexibility index (Phi) is 4.20. The van der Waals surface area contributed by atoms with Crippen molar-refractivity contribution in [3.63, 3.8) is 0 Å². The second kappa shape index (κ2) is 6.27. The molecule has 3 rings (SSSR count). The minimum Gasteiger partial charge on any atom is -0.354 e. The molecule has 1 atom stereocenters. The van der Waals surface area contributed by atoms with E-state index in [0.29, 0.717) is 18.0 Å². The fourth-order valence-corrected chi connectivity index (χ4v) is 3.33. The van der Waals surface area contributed by atoms with E-state index in [2.05, 4.69) is 10.3 Å². The van der Waals surface area contributed by atoms with E-state index in [9.17, 15) is 9.59 Å². The Bertz CT molecular complexity index is 684. The largest absolute Gasteiger partial charge is 0.354 e. The van der Waals surface area contributed by atoms with Crippen LogP contribution in [-0.2, 0) is 4.79 Å². The highest BCUT2D eigenvalue weighted by molar-refractivity contribution is 7.16. The molecule has 1 aromatic carbocycles. The van der Waals surface area contributed by atoms with Gasteiger partial charge in [-0.15, -0.1) is 11.3 Å². The molecule has 6 heteroatoms. The summed E-state index contributed by atoms with van der Waals surface area (Å²) in [5.74, 6) is -0.220. The average Bonchev–Trinajstić information content (AvgIpc) is 2.98. The highest BCUT2D eigenvalue weighted by atomic mass is 32.1. The lowest BCUT2D eigenvalue weighted by Gasteiger charge is -2.24. The standard InChI is InChI=1S/C16H17N3O2S/c1-11-14(20)17-8-5-9-19(11)16(21)13-10-18-15(22-13)12-6-3-2-4-7-12/h2-4,6-7,10-11H,5,8-9H2,1H3,(H,17,20)/t11-/m0/s1. The molecule has 0 radical (unpaired) electrons. The van der Waals surface area contributed by atoms with Gasteiger partial charge in [0, 0.05) is 18.7 Å². The van der Waals surface area contributed by atoms with Crippen molar-refractivity contribution in [2.45, 2.75) is 19.4 Å². The molecule has 0 aliphatic carbocycles. The van der Waals surface area contributed by atoms with Gasteiger partial charge in [0.15, 0.2) is 0 Å². The maximum atomic E-state index is 12.7. The zero-order valence-electron chi connectivity index (χ0n) is 12.3. The number of carbonyl (C=O) groups excluding carboxylic acids is 2. The number of hydrogen-bond donors (Lipinski definition) is 1. The molecule has 1 saturated heterocycles. The van der Waals surface area contributed by atoms with E-state index >= 15 is 0 Å². The monoisotopic (exact) mass is 315 g/mol. The Morgan fingerprint density at radius 2 is 2.14 bits per heavy atom. The van der Waals surface area contributed by atoms with Crippen LogP contribution in [0.4, 0.5) is 0 Å². The molecule has 1 aromatic heterocycles. The fourth-order valence-electron chi connectivity index (χ4n) is 2.45. The third-order valence-corrected chi connectivity index (χ3v) is 4.75. The van der Waals surface area contributed by atoms with Crippen molar-refractivity contribution in [1.82, 2.24) is 15.2 Å². The van der Waals surface area contributed by atoms with Gasteiger partial charge in [0.25, 0.3) is 5.91 Å². The molecule has 1 aliphatic heterocycles. The number of nitrogens with zero attached hydrogens (tertiary/aromatic N) is 2. The Morgan fingerprint density at radius 1 is 1.36 bits per heavy atom. The van der Waals surface area contributed by atoms with Crippen LogP contribution in [0.25, 0.3) is 10.6 Å². The van der Waals surface area contributed by atoms with E-state index in [1.807, 2.05) is 30.3 Å². The smallest absolute Gasteiger partial charge is 0.266 e. The molecule has 114 valence electrons. The van der Waals surface area contributed by atoms with Gasteiger partial charge in [-0.25, -0.2) is 4.98 Å². The van der Waals surface area contributed by atoms with Crippen molar-refractivity contribution in [1.29, 1.82) is 0 Å². The van der Waals surface area contributed by atoms with Crippen LogP contribution < -0.4 is 5.32 Å². The topological polar surface area (TPSA) is 62.3 Å². The summed E-state index contributed by atoms with van der Waals surface area (Å²) in [6, 6.07) is 9.32. The third kappa shape index (κ3) is 2.87. The van der Waals surface area contributed by atoms with Gasteiger partial charge in [-0.2, -0.15) is 0 Å². The molecule has 0 spiro atoms. The number of rotatable bonds is 2. The van der Waals surface area contributed by atoms with Crippen molar-refractivity contribution in [2.75, 3.05) is 13.1 Å². The Morgan fingerprint density at radius 3 is 2.91 bits per heavy atom. The third-order valence-electron chi connectivity index (χ3n) is 3.72. The first-order chi connectivity index (χ1) is 10.7. The summed E-state index contributed by atoms with van der Waals surface area (Å²) in [5.41, 5.74) is 0.994. The Labute approximate surface area is 133 Å². The van der Waals surface area contributed by atoms with Gasteiger partial charge in [0.05, 0.1) is 6.20 Å². The summed E-state index contributed by atoms with van der Waals surface area (Å²) in [4.78, 5) is 31.1. The molecule has 2 amide bonds. The molecule has 5 nitrogen and oxygen atoms in total. The van der Waals surface area contributed by atoms with Crippen LogP contribution in [0.5, 0.6) is 0 Å². The number of aromatic nitrogens is 1. The summed E-state index contributed by atoms with van der Waals surface area (Å²) in [6.45, 7) is 2.96. The SMILES string of the molecule is C[C@H]1C(=O)NCCCN1C(=O)c1cnc(-c2ccccc2)s1. The molecule has 0 bridgehead atoms. The van der Waals surface area contributed by atoms with Crippen LogP contribution in [0.3, 0.4) is 0 Å². The van der Waals surface area contributed by atoms with E-state index in [1.165, 1.54) is 11.3 Å². The van der Waals surface area contributed by atoms with Gasteiger partial charge >= 0.3 is 0 Å². The zero-order chi connectivity index (χ0) is 15.5. The van der Waals surface area contributed by atoms with Gasteiger partial charge < -0.3 is 10.2 Å². The molecule has 0 unspecified atom stereocenters. The van der Waals surface area contributed by atoms with Gasteiger partial charge in [-0.1, -0.05) is 30.3 Å². The van der Waals surface area contributed by atoms with E-state index in [-0.39, 0.29) is 11.8 Å². The minimum atomic E-state index is -0.447. The number of nitrogens with one attached hydrogen (secondary N) is 1. The summed E-state index contributed by atoms with van der Waals surface area (Å²) in [5, 5.41) is 3.63. The molecule has 0 saturated carbocycles. The first-order valence-corrected chi connectivity index (χ1v) is 8.08. The Hall–Kier alpha value is -2.21. The maximum absolute atomic E-state index is 12.7. The van der Waals surface area contributed by atoms with Gasteiger partial charge in [0.1, 0.15) is 15.9 Å². The predicted octanol–water partition coefficient (Wildman–Crippen LogP) is 2.16. The minimum absolute atomic E-state index is 0.0985. The molecule has 2 aromatic rings. The molecular weight excluding hydrogens is 298 g/mol. The lowest BCUT2D eigenvalue weighted by Crippen LogP contribution is -2.45. The number of benzene rings is 1. The average molecular weight is 315 g/mol. The molecule has 1 N–H and O–H groups in total. The van der Waals surface area contributed by atoms with Crippen LogP contribution in [0, 0.1) is 0 Å². The van der Waals surface area contributed by atoms with Gasteiger partial charge in [0.2, 0.25) is 5.91 Å². The first-order valence-electron chi connectivity index (χ1n) is 7.27. The van der Waals surface area contributed by atoms with Crippen molar-refractivity contribution in [3.05, 3.63) is 41.4 Å². The van der Waals surface area contributed by atoms with Crippen LogP contribution in [0.2, 0.25) is 0 Å². The quantitative estimate of drug-likeness (QED) is 0.924. The number of hydrogen-bond acceptors (Lipinski definition) is 4. The summed E-state index contributed by atoms with van der Waals surface area (Å²) in [6.07, 6.45) is 2.37. The van der Waals surface area contributed by atoms with E-state index in [1.54, 1.807) is 18.0 Å². The fraction of sp³-hybridized carbons (Fsp3) is 0.312. The summed E-state index contributed by atoms with van der Waals surface area (Å²) < 4.78 is 0.